The van der Waals surface area contributed by atoms with Crippen molar-refractivity contribution in [2.45, 2.75) is 24.3 Å². The lowest BCUT2D eigenvalue weighted by atomic mass is 10.2. The summed E-state index contributed by atoms with van der Waals surface area (Å²) in [4.78, 5) is 11.0. The number of rotatable bonds is 5. The Morgan fingerprint density at radius 2 is 2.05 bits per heavy atom. The van der Waals surface area contributed by atoms with Crippen molar-refractivity contribution in [1.82, 2.24) is 9.78 Å². The summed E-state index contributed by atoms with van der Waals surface area (Å²) in [6.45, 7) is 1.55. The van der Waals surface area contributed by atoms with Crippen molar-refractivity contribution in [3.63, 3.8) is 0 Å². The van der Waals surface area contributed by atoms with E-state index in [9.17, 15) is 13.2 Å². The van der Waals surface area contributed by atoms with Gasteiger partial charge in [-0.25, -0.2) is 8.42 Å². The predicted octanol–water partition coefficient (Wildman–Crippen LogP) is 1.35. The molecule has 0 bridgehead atoms. The van der Waals surface area contributed by atoms with Crippen LogP contribution >= 0.6 is 0 Å². The molecule has 20 heavy (non-hydrogen) atoms. The summed E-state index contributed by atoms with van der Waals surface area (Å²) in [6.07, 6.45) is 0.0441. The molecule has 1 heterocycles. The molecule has 6 nitrogen and oxygen atoms in total. The fourth-order valence-electron chi connectivity index (χ4n) is 2.27. The maximum absolute atomic E-state index is 12.2. The summed E-state index contributed by atoms with van der Waals surface area (Å²) in [5.74, 6) is -1.67. The largest absolute Gasteiger partial charge is 0.480 e. The summed E-state index contributed by atoms with van der Waals surface area (Å²) in [5, 5.41) is 12.5. The molecule has 108 valence electrons. The normalized spacial score (nSPS) is 13.5. The average Bonchev–Trinajstić information content (AvgIpc) is 2.66. The molecule has 2 aromatic rings. The summed E-state index contributed by atoms with van der Waals surface area (Å²) in [7, 11) is -2.05. The van der Waals surface area contributed by atoms with E-state index in [0.29, 0.717) is 5.69 Å². The quantitative estimate of drug-likeness (QED) is 0.899. The first kappa shape index (κ1) is 14.5. The molecule has 1 unspecified atom stereocenters. The minimum atomic E-state index is -3.78. The highest BCUT2D eigenvalue weighted by Gasteiger charge is 2.32. The number of hydrogen-bond acceptors (Lipinski definition) is 4. The Labute approximate surface area is 116 Å². The molecule has 0 aliphatic carbocycles. The number of aryl methyl sites for hydroxylation is 1. The van der Waals surface area contributed by atoms with Gasteiger partial charge in [0.05, 0.1) is 17.0 Å². The Balaban J connectivity index is 2.44. The zero-order valence-electron chi connectivity index (χ0n) is 11.3. The first-order valence-electron chi connectivity index (χ1n) is 6.21. The zero-order valence-corrected chi connectivity index (χ0v) is 12.1. The van der Waals surface area contributed by atoms with Gasteiger partial charge in [-0.15, -0.1) is 0 Å². The molecular weight excluding hydrogens is 280 g/mol. The van der Waals surface area contributed by atoms with Crippen LogP contribution in [0.4, 0.5) is 0 Å². The van der Waals surface area contributed by atoms with Crippen LogP contribution in [0, 0.1) is 0 Å². The third-order valence-electron chi connectivity index (χ3n) is 3.25. The molecule has 0 amide bonds. The lowest BCUT2D eigenvalue weighted by Gasteiger charge is -2.10. The summed E-state index contributed by atoms with van der Waals surface area (Å²) < 4.78 is 26.0. The predicted molar refractivity (Wildman–Crippen MR) is 75.1 cm³/mol. The highest BCUT2D eigenvalue weighted by Crippen LogP contribution is 2.21. The second-order valence-corrected chi connectivity index (χ2v) is 6.81. The Hall–Kier alpha value is -1.89. The van der Waals surface area contributed by atoms with Gasteiger partial charge in [0.1, 0.15) is 0 Å². The van der Waals surface area contributed by atoms with Crippen LogP contribution in [-0.2, 0) is 27.4 Å². The van der Waals surface area contributed by atoms with Crippen LogP contribution < -0.4 is 0 Å². The molecule has 7 heteroatoms. The van der Waals surface area contributed by atoms with E-state index < -0.39 is 21.1 Å². The summed E-state index contributed by atoms with van der Waals surface area (Å²) in [6, 6.07) is 7.27. The number of aliphatic carboxylic acids is 1. The highest BCUT2D eigenvalue weighted by molar-refractivity contribution is 7.92. The van der Waals surface area contributed by atoms with Gasteiger partial charge < -0.3 is 5.11 Å². The number of nitrogens with zero attached hydrogens (tertiary/aromatic N) is 2. The number of aromatic nitrogens is 2. The Morgan fingerprint density at radius 3 is 2.65 bits per heavy atom. The lowest BCUT2D eigenvalue weighted by molar-refractivity contribution is -0.136. The van der Waals surface area contributed by atoms with Gasteiger partial charge in [-0.1, -0.05) is 25.1 Å². The van der Waals surface area contributed by atoms with Crippen LogP contribution in [0.25, 0.3) is 10.9 Å². The van der Waals surface area contributed by atoms with Crippen molar-refractivity contribution in [2.75, 3.05) is 0 Å². The zero-order chi connectivity index (χ0) is 14.9. The molecular formula is C13H16N2O4S. The minimum Gasteiger partial charge on any atom is -0.480 e. The fourth-order valence-corrected chi connectivity index (χ4v) is 3.88. The molecule has 1 aromatic heterocycles. The number of para-hydroxylation sites is 1. The topological polar surface area (TPSA) is 89.3 Å². The number of carboxylic acids is 1. The van der Waals surface area contributed by atoms with E-state index in [0.717, 1.165) is 10.9 Å². The van der Waals surface area contributed by atoms with Crippen molar-refractivity contribution >= 4 is 26.7 Å². The third-order valence-corrected chi connectivity index (χ3v) is 5.33. The molecule has 0 aliphatic heterocycles. The van der Waals surface area contributed by atoms with E-state index >= 15 is 0 Å². The second kappa shape index (κ2) is 5.24. The molecule has 1 N–H and O–H groups in total. The molecule has 2 rings (SSSR count). The Kier molecular flexibility index (Phi) is 3.80. The van der Waals surface area contributed by atoms with Crippen LogP contribution in [0.1, 0.15) is 19.0 Å². The average molecular weight is 296 g/mol. The van der Waals surface area contributed by atoms with E-state index in [4.69, 9.17) is 5.11 Å². The van der Waals surface area contributed by atoms with Gasteiger partial charge in [-0.3, -0.25) is 9.48 Å². The van der Waals surface area contributed by atoms with Crippen molar-refractivity contribution in [3.05, 3.63) is 30.0 Å². The molecule has 0 fully saturated rings. The van der Waals surface area contributed by atoms with E-state index in [1.165, 1.54) is 0 Å². The number of benzene rings is 1. The first-order chi connectivity index (χ1) is 9.36. The van der Waals surface area contributed by atoms with Gasteiger partial charge in [0.25, 0.3) is 0 Å². The van der Waals surface area contributed by atoms with Gasteiger partial charge in [0, 0.05) is 12.4 Å². The standard InChI is InChI=1S/C13H16N2O4S/c1-3-12(13(16)17)20(18,19)8-10-9-6-4-5-7-11(9)15(2)14-10/h4-7,12H,3,8H2,1-2H3,(H,16,17). The minimum absolute atomic E-state index is 0.0441. The highest BCUT2D eigenvalue weighted by atomic mass is 32.2. The molecule has 0 radical (unpaired) electrons. The van der Waals surface area contributed by atoms with Gasteiger partial charge in [0.2, 0.25) is 0 Å². The fraction of sp³-hybridized carbons (Fsp3) is 0.385. The monoisotopic (exact) mass is 296 g/mol. The molecule has 0 saturated heterocycles. The molecule has 0 aliphatic rings. The Morgan fingerprint density at radius 1 is 1.40 bits per heavy atom. The van der Waals surface area contributed by atoms with Crippen molar-refractivity contribution in [1.29, 1.82) is 0 Å². The van der Waals surface area contributed by atoms with Crippen LogP contribution in [0.2, 0.25) is 0 Å². The third kappa shape index (κ3) is 2.53. The maximum atomic E-state index is 12.2. The number of carboxylic acid groups (broad SMARTS) is 1. The summed E-state index contributed by atoms with van der Waals surface area (Å²) >= 11 is 0. The van der Waals surface area contributed by atoms with E-state index in [2.05, 4.69) is 5.10 Å². The molecule has 0 saturated carbocycles. The van der Waals surface area contributed by atoms with Gasteiger partial charge >= 0.3 is 5.97 Å². The smallest absolute Gasteiger partial charge is 0.321 e. The summed E-state index contributed by atoms with van der Waals surface area (Å²) in [5.41, 5.74) is 1.21. The van der Waals surface area contributed by atoms with Crippen LogP contribution in [-0.4, -0.2) is 34.5 Å². The SMILES string of the molecule is CCC(C(=O)O)S(=O)(=O)Cc1nn(C)c2ccccc12. The number of sulfone groups is 1. The van der Waals surface area contributed by atoms with Crippen molar-refractivity contribution in [2.24, 2.45) is 7.05 Å². The van der Waals surface area contributed by atoms with E-state index in [-0.39, 0.29) is 12.2 Å². The number of fused-ring (bicyclic) bond motifs is 1. The van der Waals surface area contributed by atoms with Crippen LogP contribution in [0.15, 0.2) is 24.3 Å². The number of carbonyl (C=O) groups is 1. The molecule has 1 aromatic carbocycles. The van der Waals surface area contributed by atoms with Crippen molar-refractivity contribution in [3.8, 4) is 0 Å². The molecule has 1 atom stereocenters. The first-order valence-corrected chi connectivity index (χ1v) is 7.93. The lowest BCUT2D eigenvalue weighted by Crippen LogP contribution is -2.30. The van der Waals surface area contributed by atoms with Gasteiger partial charge in [-0.2, -0.15) is 5.10 Å². The molecule has 0 spiro atoms. The van der Waals surface area contributed by atoms with Crippen LogP contribution in [0.5, 0.6) is 0 Å². The van der Waals surface area contributed by atoms with Gasteiger partial charge in [-0.05, 0) is 12.5 Å². The Bertz CT molecular complexity index is 749. The van der Waals surface area contributed by atoms with E-state index in [1.54, 1.807) is 30.8 Å². The maximum Gasteiger partial charge on any atom is 0.321 e. The number of hydrogen-bond donors (Lipinski definition) is 1. The van der Waals surface area contributed by atoms with Gasteiger partial charge in [0.15, 0.2) is 15.1 Å². The van der Waals surface area contributed by atoms with Crippen LogP contribution in [0.3, 0.4) is 0 Å². The van der Waals surface area contributed by atoms with Crippen molar-refractivity contribution < 1.29 is 18.3 Å². The second-order valence-electron chi connectivity index (χ2n) is 4.63. The van der Waals surface area contributed by atoms with E-state index in [1.807, 2.05) is 12.1 Å².